The van der Waals surface area contributed by atoms with Gasteiger partial charge in [0.1, 0.15) is 0 Å². The highest BCUT2D eigenvalue weighted by Gasteiger charge is 2.05. The fraction of sp³-hybridized carbons (Fsp3) is 0.333. The zero-order valence-electron chi connectivity index (χ0n) is 5.62. The van der Waals surface area contributed by atoms with Gasteiger partial charge in [0.2, 0.25) is 8.87 Å². The summed E-state index contributed by atoms with van der Waals surface area (Å²) in [5.74, 6) is 0.474. The van der Waals surface area contributed by atoms with Crippen molar-refractivity contribution in [1.82, 2.24) is 0 Å². The molecule has 2 nitrogen and oxygen atoms in total. The van der Waals surface area contributed by atoms with Gasteiger partial charge in [-0.05, 0) is 10.8 Å². The molecular formula is C6H10O2S2. The average Bonchev–Trinajstić information content (AvgIpc) is 1.84. The molecule has 0 aliphatic heterocycles. The monoisotopic (exact) mass is 178 g/mol. The van der Waals surface area contributed by atoms with Crippen molar-refractivity contribution in [3.05, 3.63) is 25.3 Å². The van der Waals surface area contributed by atoms with Crippen molar-refractivity contribution in [2.24, 2.45) is 0 Å². The van der Waals surface area contributed by atoms with Crippen LogP contribution in [0.15, 0.2) is 25.3 Å². The molecular weight excluding hydrogens is 168 g/mol. The average molecular weight is 178 g/mol. The van der Waals surface area contributed by atoms with Crippen molar-refractivity contribution in [2.45, 2.75) is 0 Å². The molecule has 58 valence electrons. The van der Waals surface area contributed by atoms with Gasteiger partial charge in [-0.3, -0.25) is 0 Å². The maximum Gasteiger partial charge on any atom is 0.205 e. The Morgan fingerprint density at radius 2 is 1.90 bits per heavy atom. The summed E-state index contributed by atoms with van der Waals surface area (Å²) in [5, 5.41) is 0. The lowest BCUT2D eigenvalue weighted by Gasteiger charge is -1.94. The van der Waals surface area contributed by atoms with Crippen LogP contribution >= 0.6 is 10.8 Å². The predicted octanol–water partition coefficient (Wildman–Crippen LogP) is 1.42. The predicted molar refractivity (Wildman–Crippen MR) is 46.6 cm³/mol. The van der Waals surface area contributed by atoms with E-state index >= 15 is 0 Å². The fourth-order valence-electron chi connectivity index (χ4n) is 0.344. The molecule has 0 saturated carbocycles. The van der Waals surface area contributed by atoms with E-state index in [2.05, 4.69) is 13.2 Å². The van der Waals surface area contributed by atoms with Crippen LogP contribution in [0.1, 0.15) is 0 Å². The molecule has 0 aliphatic carbocycles. The minimum Gasteiger partial charge on any atom is -0.217 e. The van der Waals surface area contributed by atoms with Gasteiger partial charge >= 0.3 is 0 Å². The van der Waals surface area contributed by atoms with Crippen LogP contribution in [-0.4, -0.2) is 19.9 Å². The van der Waals surface area contributed by atoms with Crippen molar-refractivity contribution in [3.8, 4) is 0 Å². The number of hydrogen-bond donors (Lipinski definition) is 0. The summed E-state index contributed by atoms with van der Waals surface area (Å²) in [5.41, 5.74) is 0. The van der Waals surface area contributed by atoms with E-state index in [9.17, 15) is 8.42 Å². The van der Waals surface area contributed by atoms with E-state index in [1.165, 1.54) is 6.08 Å². The fourth-order valence-corrected chi connectivity index (χ4v) is 2.52. The number of rotatable bonds is 5. The minimum absolute atomic E-state index is 0.0332. The van der Waals surface area contributed by atoms with Gasteiger partial charge in [-0.25, -0.2) is 8.42 Å². The van der Waals surface area contributed by atoms with Gasteiger partial charge < -0.3 is 0 Å². The van der Waals surface area contributed by atoms with Crippen LogP contribution in [0.3, 0.4) is 0 Å². The van der Waals surface area contributed by atoms with E-state index < -0.39 is 8.87 Å². The minimum atomic E-state index is -2.97. The van der Waals surface area contributed by atoms with Gasteiger partial charge in [-0.1, -0.05) is 12.2 Å². The third-order valence-corrected chi connectivity index (χ3v) is 3.96. The topological polar surface area (TPSA) is 34.1 Å². The Balaban J connectivity index is 3.87. The van der Waals surface area contributed by atoms with Crippen molar-refractivity contribution in [2.75, 3.05) is 11.5 Å². The second-order valence-electron chi connectivity index (χ2n) is 1.59. The molecule has 0 amide bonds. The van der Waals surface area contributed by atoms with Gasteiger partial charge in [0.05, 0.1) is 5.75 Å². The zero-order chi connectivity index (χ0) is 8.04. The molecule has 0 aromatic heterocycles. The van der Waals surface area contributed by atoms with Crippen LogP contribution < -0.4 is 0 Å². The Kier molecular flexibility index (Phi) is 4.47. The Bertz CT molecular complexity index is 204. The van der Waals surface area contributed by atoms with Crippen molar-refractivity contribution < 1.29 is 8.42 Å². The largest absolute Gasteiger partial charge is 0.217 e. The van der Waals surface area contributed by atoms with E-state index in [1.54, 1.807) is 6.08 Å². The third kappa shape index (κ3) is 4.64. The maximum atomic E-state index is 10.8. The standard InChI is InChI=1S/C6H10O2S2/c1-3-5-9-10(7,8)6-4-2/h3-4H,1-2,5-6H2. The second kappa shape index (κ2) is 4.57. The highest BCUT2D eigenvalue weighted by Crippen LogP contribution is 2.12. The summed E-state index contributed by atoms with van der Waals surface area (Å²) < 4.78 is 21.7. The first-order chi connectivity index (χ1) is 4.62. The van der Waals surface area contributed by atoms with Crippen LogP contribution in [0, 0.1) is 0 Å². The highest BCUT2D eigenvalue weighted by molar-refractivity contribution is 8.72. The summed E-state index contributed by atoms with van der Waals surface area (Å²) in [4.78, 5) is 0. The molecule has 0 bridgehead atoms. The summed E-state index contributed by atoms with van der Waals surface area (Å²) in [6.45, 7) is 6.75. The van der Waals surface area contributed by atoms with Crippen LogP contribution in [0.4, 0.5) is 0 Å². The number of hydrogen-bond acceptors (Lipinski definition) is 3. The van der Waals surface area contributed by atoms with Gasteiger partial charge in [-0.2, -0.15) is 0 Å². The molecule has 0 heterocycles. The van der Waals surface area contributed by atoms with Crippen molar-refractivity contribution in [1.29, 1.82) is 0 Å². The Labute approximate surface area is 65.3 Å². The molecule has 0 unspecified atom stereocenters. The maximum absolute atomic E-state index is 10.8. The molecule has 10 heavy (non-hydrogen) atoms. The Morgan fingerprint density at radius 1 is 1.30 bits per heavy atom. The van der Waals surface area contributed by atoms with Crippen molar-refractivity contribution >= 4 is 19.7 Å². The van der Waals surface area contributed by atoms with Gasteiger partial charge in [0.25, 0.3) is 0 Å². The van der Waals surface area contributed by atoms with Gasteiger partial charge in [0, 0.05) is 5.75 Å². The third-order valence-electron chi connectivity index (χ3n) is 0.687. The van der Waals surface area contributed by atoms with E-state index in [1.807, 2.05) is 0 Å². The molecule has 0 aromatic carbocycles. The lowest BCUT2D eigenvalue weighted by molar-refractivity contribution is 0.613. The summed E-state index contributed by atoms with van der Waals surface area (Å²) in [7, 11) is -2.08. The van der Waals surface area contributed by atoms with E-state index in [0.29, 0.717) is 5.75 Å². The highest BCUT2D eigenvalue weighted by atomic mass is 33.1. The molecule has 0 radical (unpaired) electrons. The van der Waals surface area contributed by atoms with E-state index in [-0.39, 0.29) is 5.75 Å². The molecule has 0 rings (SSSR count). The molecule has 0 aromatic rings. The van der Waals surface area contributed by atoms with E-state index in [0.717, 1.165) is 10.8 Å². The molecule has 4 heteroatoms. The second-order valence-corrected chi connectivity index (χ2v) is 5.83. The lowest BCUT2D eigenvalue weighted by Crippen LogP contribution is -1.97. The molecule has 0 spiro atoms. The summed E-state index contributed by atoms with van der Waals surface area (Å²) in [6.07, 6.45) is 2.94. The smallest absolute Gasteiger partial charge is 0.205 e. The molecule has 0 N–H and O–H groups in total. The zero-order valence-corrected chi connectivity index (χ0v) is 7.25. The Hall–Kier alpha value is -0.220. The van der Waals surface area contributed by atoms with Crippen LogP contribution in [0.5, 0.6) is 0 Å². The van der Waals surface area contributed by atoms with Crippen molar-refractivity contribution in [3.63, 3.8) is 0 Å². The van der Waals surface area contributed by atoms with Crippen LogP contribution in [-0.2, 0) is 8.87 Å². The first-order valence-electron chi connectivity index (χ1n) is 2.71. The SMILES string of the molecule is C=CCSS(=O)(=O)CC=C. The Morgan fingerprint density at radius 3 is 2.30 bits per heavy atom. The summed E-state index contributed by atoms with van der Waals surface area (Å²) in [6, 6.07) is 0. The normalized spacial score (nSPS) is 10.8. The summed E-state index contributed by atoms with van der Waals surface area (Å²) >= 11 is 0. The lowest BCUT2D eigenvalue weighted by atomic mass is 10.8. The first-order valence-corrected chi connectivity index (χ1v) is 5.87. The van der Waals surface area contributed by atoms with Crippen LogP contribution in [0.25, 0.3) is 0 Å². The molecule has 0 saturated heterocycles. The quantitative estimate of drug-likeness (QED) is 0.471. The molecule has 0 fully saturated rings. The molecule has 0 atom stereocenters. The molecule has 0 aliphatic rings. The van der Waals surface area contributed by atoms with E-state index in [4.69, 9.17) is 0 Å². The van der Waals surface area contributed by atoms with Gasteiger partial charge in [-0.15, -0.1) is 13.2 Å². The van der Waals surface area contributed by atoms with Gasteiger partial charge in [0.15, 0.2) is 0 Å². The van der Waals surface area contributed by atoms with Crippen LogP contribution in [0.2, 0.25) is 0 Å². The first kappa shape index (κ1) is 9.78.